The summed E-state index contributed by atoms with van der Waals surface area (Å²) in [6.07, 6.45) is 3.17. The number of rotatable bonds is 3. The average Bonchev–Trinajstić information content (AvgIpc) is 2.82. The molecule has 0 saturated carbocycles. The highest BCUT2D eigenvalue weighted by Gasteiger charge is 2.07. The highest BCUT2D eigenvalue weighted by molar-refractivity contribution is 9.10. The summed E-state index contributed by atoms with van der Waals surface area (Å²) in [5.41, 5.74) is 1.48. The molecule has 17 heavy (non-hydrogen) atoms. The number of benzene rings is 1. The van der Waals surface area contributed by atoms with Crippen LogP contribution in [0.4, 0.5) is 0 Å². The van der Waals surface area contributed by atoms with Crippen LogP contribution in [-0.2, 0) is 6.54 Å². The Morgan fingerprint density at radius 1 is 1.41 bits per heavy atom. The van der Waals surface area contributed by atoms with Crippen molar-refractivity contribution in [2.75, 3.05) is 0 Å². The summed E-state index contributed by atoms with van der Waals surface area (Å²) in [5, 5.41) is 3.37. The fourth-order valence-corrected chi connectivity index (χ4v) is 1.81. The van der Waals surface area contributed by atoms with Gasteiger partial charge in [-0.15, -0.1) is 0 Å². The van der Waals surface area contributed by atoms with E-state index in [1.165, 1.54) is 0 Å². The summed E-state index contributed by atoms with van der Waals surface area (Å²) in [6, 6.07) is 6.85. The molecule has 0 spiro atoms. The fourth-order valence-electron chi connectivity index (χ4n) is 1.32. The predicted octanol–water partition coefficient (Wildman–Crippen LogP) is 3.63. The van der Waals surface area contributed by atoms with Crippen LogP contribution in [0.15, 0.2) is 45.7 Å². The molecule has 0 aliphatic heterocycles. The standard InChI is InChI=1S/C12H9BrClNO2/c13-10-5-9(1-2-11(10)14)12(16)15-6-8-3-4-17-7-8/h1-5,7H,6H2,(H,15,16). The zero-order valence-electron chi connectivity index (χ0n) is 8.74. The van der Waals surface area contributed by atoms with Crippen molar-refractivity contribution in [1.82, 2.24) is 5.32 Å². The van der Waals surface area contributed by atoms with Crippen LogP contribution in [0.2, 0.25) is 5.02 Å². The van der Waals surface area contributed by atoms with Crippen LogP contribution in [0, 0.1) is 0 Å². The van der Waals surface area contributed by atoms with E-state index < -0.39 is 0 Å². The number of nitrogens with one attached hydrogen (secondary N) is 1. The molecule has 2 rings (SSSR count). The molecule has 0 aliphatic rings. The predicted molar refractivity (Wildman–Crippen MR) is 69.0 cm³/mol. The molecule has 1 heterocycles. The highest BCUT2D eigenvalue weighted by Crippen LogP contribution is 2.23. The fraction of sp³-hybridized carbons (Fsp3) is 0.0833. The van der Waals surface area contributed by atoms with Gasteiger partial charge in [0, 0.05) is 22.1 Å². The second-order valence-electron chi connectivity index (χ2n) is 3.44. The lowest BCUT2D eigenvalue weighted by atomic mass is 10.2. The van der Waals surface area contributed by atoms with E-state index in [0.717, 1.165) is 5.56 Å². The lowest BCUT2D eigenvalue weighted by Crippen LogP contribution is -2.22. The normalized spacial score (nSPS) is 10.2. The van der Waals surface area contributed by atoms with E-state index >= 15 is 0 Å². The third-order valence-corrected chi connectivity index (χ3v) is 3.43. The number of hydrogen-bond acceptors (Lipinski definition) is 2. The quantitative estimate of drug-likeness (QED) is 0.940. The minimum absolute atomic E-state index is 0.149. The second kappa shape index (κ2) is 5.38. The summed E-state index contributed by atoms with van der Waals surface area (Å²) in [4.78, 5) is 11.8. The Kier molecular flexibility index (Phi) is 3.86. The molecule has 88 valence electrons. The van der Waals surface area contributed by atoms with Crippen molar-refractivity contribution in [2.24, 2.45) is 0 Å². The average molecular weight is 315 g/mol. The zero-order chi connectivity index (χ0) is 12.3. The van der Waals surface area contributed by atoms with Gasteiger partial charge in [-0.1, -0.05) is 11.6 Å². The number of furan rings is 1. The van der Waals surface area contributed by atoms with E-state index in [2.05, 4.69) is 21.2 Å². The third-order valence-electron chi connectivity index (χ3n) is 2.21. The van der Waals surface area contributed by atoms with E-state index in [1.54, 1.807) is 36.8 Å². The molecule has 1 amide bonds. The topological polar surface area (TPSA) is 42.2 Å². The highest BCUT2D eigenvalue weighted by atomic mass is 79.9. The van der Waals surface area contributed by atoms with Gasteiger partial charge < -0.3 is 9.73 Å². The van der Waals surface area contributed by atoms with Crippen LogP contribution in [0.25, 0.3) is 0 Å². The van der Waals surface area contributed by atoms with Crippen molar-refractivity contribution < 1.29 is 9.21 Å². The largest absolute Gasteiger partial charge is 0.472 e. The van der Waals surface area contributed by atoms with Crippen molar-refractivity contribution >= 4 is 33.4 Å². The van der Waals surface area contributed by atoms with Crippen LogP contribution in [0.3, 0.4) is 0 Å². The molecule has 0 aliphatic carbocycles. The number of carbonyl (C=O) groups excluding carboxylic acids is 1. The van der Waals surface area contributed by atoms with Crippen molar-refractivity contribution in [1.29, 1.82) is 0 Å². The van der Waals surface area contributed by atoms with Crippen molar-refractivity contribution in [3.05, 3.63) is 57.4 Å². The van der Waals surface area contributed by atoms with Gasteiger partial charge in [0.25, 0.3) is 5.91 Å². The lowest BCUT2D eigenvalue weighted by molar-refractivity contribution is 0.0951. The molecule has 1 N–H and O–H groups in total. The molecule has 3 nitrogen and oxygen atoms in total. The first-order chi connectivity index (χ1) is 8.16. The molecule has 0 fully saturated rings. The maximum atomic E-state index is 11.8. The number of halogens is 2. The van der Waals surface area contributed by atoms with E-state index in [9.17, 15) is 4.79 Å². The van der Waals surface area contributed by atoms with E-state index in [1.807, 2.05) is 0 Å². The maximum Gasteiger partial charge on any atom is 0.251 e. The maximum absolute atomic E-state index is 11.8. The Morgan fingerprint density at radius 3 is 2.88 bits per heavy atom. The van der Waals surface area contributed by atoms with Gasteiger partial charge in [-0.25, -0.2) is 0 Å². The van der Waals surface area contributed by atoms with Gasteiger partial charge >= 0.3 is 0 Å². The molecule has 0 unspecified atom stereocenters. The van der Waals surface area contributed by atoms with Gasteiger partial charge in [0.2, 0.25) is 0 Å². The lowest BCUT2D eigenvalue weighted by Gasteiger charge is -2.04. The third kappa shape index (κ3) is 3.11. The molecule has 1 aromatic heterocycles. The molecular weight excluding hydrogens is 305 g/mol. The number of hydrogen-bond donors (Lipinski definition) is 1. The molecule has 5 heteroatoms. The first-order valence-corrected chi connectivity index (χ1v) is 6.08. The minimum atomic E-state index is -0.149. The van der Waals surface area contributed by atoms with Gasteiger partial charge in [0.1, 0.15) is 0 Å². The monoisotopic (exact) mass is 313 g/mol. The van der Waals surface area contributed by atoms with Gasteiger partial charge in [-0.3, -0.25) is 4.79 Å². The number of amides is 1. The smallest absolute Gasteiger partial charge is 0.251 e. The molecule has 0 radical (unpaired) electrons. The van der Waals surface area contributed by atoms with Crippen LogP contribution in [0.5, 0.6) is 0 Å². The Labute approximate surface area is 112 Å². The minimum Gasteiger partial charge on any atom is -0.472 e. The van der Waals surface area contributed by atoms with E-state index in [-0.39, 0.29) is 5.91 Å². The number of carbonyl (C=O) groups is 1. The van der Waals surface area contributed by atoms with E-state index in [0.29, 0.717) is 21.6 Å². The molecule has 2 aromatic rings. The Bertz CT molecular complexity index is 525. The van der Waals surface area contributed by atoms with Crippen LogP contribution < -0.4 is 5.32 Å². The van der Waals surface area contributed by atoms with Crippen LogP contribution in [-0.4, -0.2) is 5.91 Å². The summed E-state index contributed by atoms with van der Waals surface area (Å²) in [6.45, 7) is 0.440. The second-order valence-corrected chi connectivity index (χ2v) is 4.70. The van der Waals surface area contributed by atoms with Gasteiger partial charge in [-0.05, 0) is 40.2 Å². The van der Waals surface area contributed by atoms with Gasteiger partial charge in [-0.2, -0.15) is 0 Å². The molecular formula is C12H9BrClNO2. The molecule has 0 bridgehead atoms. The summed E-state index contributed by atoms with van der Waals surface area (Å²) in [5.74, 6) is -0.149. The Hall–Kier alpha value is -1.26. The first kappa shape index (κ1) is 12.2. The van der Waals surface area contributed by atoms with Gasteiger partial charge in [0.15, 0.2) is 0 Å². The first-order valence-electron chi connectivity index (χ1n) is 4.91. The van der Waals surface area contributed by atoms with Gasteiger partial charge in [0.05, 0.1) is 17.5 Å². The SMILES string of the molecule is O=C(NCc1ccoc1)c1ccc(Cl)c(Br)c1. The summed E-state index contributed by atoms with van der Waals surface area (Å²) < 4.78 is 5.61. The van der Waals surface area contributed by atoms with Crippen molar-refractivity contribution in [3.63, 3.8) is 0 Å². The van der Waals surface area contributed by atoms with Crippen molar-refractivity contribution in [2.45, 2.75) is 6.54 Å². The Morgan fingerprint density at radius 2 is 2.24 bits per heavy atom. The summed E-state index contributed by atoms with van der Waals surface area (Å²) in [7, 11) is 0. The molecule has 1 aromatic carbocycles. The molecule has 0 saturated heterocycles. The Balaban J connectivity index is 2.02. The molecule has 0 atom stereocenters. The van der Waals surface area contributed by atoms with Crippen LogP contribution >= 0.6 is 27.5 Å². The van der Waals surface area contributed by atoms with Crippen molar-refractivity contribution in [3.8, 4) is 0 Å². The summed E-state index contributed by atoms with van der Waals surface area (Å²) >= 11 is 9.13. The van der Waals surface area contributed by atoms with E-state index in [4.69, 9.17) is 16.0 Å². The zero-order valence-corrected chi connectivity index (χ0v) is 11.1. The van der Waals surface area contributed by atoms with Crippen LogP contribution in [0.1, 0.15) is 15.9 Å².